The normalized spacial score (nSPS) is 18.8. The summed E-state index contributed by atoms with van der Waals surface area (Å²) in [5, 5.41) is 12.7. The molecular weight excluding hydrogens is 451 g/mol. The second-order valence-corrected chi connectivity index (χ2v) is 9.77. The summed E-state index contributed by atoms with van der Waals surface area (Å²) in [6, 6.07) is 0. The molecule has 2 N–H and O–H groups in total. The van der Waals surface area contributed by atoms with Crippen molar-refractivity contribution in [3.8, 4) is 0 Å². The van der Waals surface area contributed by atoms with Crippen LogP contribution >= 0.6 is 11.6 Å². The van der Waals surface area contributed by atoms with E-state index in [2.05, 4.69) is 27.1 Å². The van der Waals surface area contributed by atoms with Gasteiger partial charge < -0.3 is 15.1 Å². The molecule has 2 amide bonds. The standard InChI is InChI=1S/C22H34ClFN6O3/c1-4-22(28(2)3)12-29(13-22)19-18(24)17(26-21(23)27-19)10-25-20(32)16(11-30(33)14-31)9-15-7-5-6-8-15/h14-16,33H,4-13H2,1-3H3,(H,25,32)/t16-/m1/s1. The van der Waals surface area contributed by atoms with E-state index in [1.807, 2.05) is 19.0 Å². The minimum absolute atomic E-state index is 0.00746. The third kappa shape index (κ3) is 5.91. The van der Waals surface area contributed by atoms with Crippen molar-refractivity contribution in [1.82, 2.24) is 25.2 Å². The smallest absolute Gasteiger partial charge is 0.233 e. The number of nitrogens with zero attached hydrogens (tertiary/aromatic N) is 5. The van der Waals surface area contributed by atoms with Crippen LogP contribution in [0.3, 0.4) is 0 Å². The maximum atomic E-state index is 15.2. The lowest BCUT2D eigenvalue weighted by atomic mass is 9.85. The Hall–Kier alpha value is -2.04. The highest BCUT2D eigenvalue weighted by Crippen LogP contribution is 2.35. The molecule has 1 atom stereocenters. The molecule has 2 aliphatic rings. The zero-order chi connectivity index (χ0) is 24.2. The second-order valence-electron chi connectivity index (χ2n) is 9.43. The van der Waals surface area contributed by atoms with Crippen molar-refractivity contribution in [1.29, 1.82) is 0 Å². The lowest BCUT2D eigenvalue weighted by molar-refractivity contribution is -0.155. The number of hydrogen-bond donors (Lipinski definition) is 2. The van der Waals surface area contributed by atoms with Gasteiger partial charge in [0.25, 0.3) is 0 Å². The Balaban J connectivity index is 1.68. The first-order valence-corrected chi connectivity index (χ1v) is 11.9. The number of aromatic nitrogens is 2. The van der Waals surface area contributed by atoms with Crippen molar-refractivity contribution in [3.05, 3.63) is 16.8 Å². The molecule has 2 fully saturated rings. The number of nitrogens with one attached hydrogen (secondary N) is 1. The molecule has 1 aliphatic heterocycles. The van der Waals surface area contributed by atoms with Crippen LogP contribution in [0.2, 0.25) is 5.28 Å². The molecule has 184 valence electrons. The summed E-state index contributed by atoms with van der Waals surface area (Å²) < 4.78 is 15.2. The molecule has 1 aliphatic carbocycles. The van der Waals surface area contributed by atoms with E-state index in [-0.39, 0.29) is 47.7 Å². The summed E-state index contributed by atoms with van der Waals surface area (Å²) in [5.74, 6) is -1.05. The third-order valence-corrected chi connectivity index (χ3v) is 7.34. The molecule has 1 aromatic rings. The van der Waals surface area contributed by atoms with E-state index < -0.39 is 11.7 Å². The van der Waals surface area contributed by atoms with Gasteiger partial charge in [0, 0.05) is 13.1 Å². The number of carbonyl (C=O) groups is 2. The van der Waals surface area contributed by atoms with Crippen LogP contribution in [-0.4, -0.2) is 76.7 Å². The van der Waals surface area contributed by atoms with Gasteiger partial charge >= 0.3 is 0 Å². The van der Waals surface area contributed by atoms with Crippen LogP contribution in [0.4, 0.5) is 10.2 Å². The fraction of sp³-hybridized carbons (Fsp3) is 0.727. The first kappa shape index (κ1) is 25.6. The minimum atomic E-state index is -0.604. The van der Waals surface area contributed by atoms with E-state index >= 15 is 4.39 Å². The first-order chi connectivity index (χ1) is 15.7. The average molecular weight is 485 g/mol. The van der Waals surface area contributed by atoms with Crippen LogP contribution in [0.5, 0.6) is 0 Å². The fourth-order valence-electron chi connectivity index (χ4n) is 4.91. The van der Waals surface area contributed by atoms with E-state index in [1.54, 1.807) is 0 Å². The van der Waals surface area contributed by atoms with Gasteiger partial charge in [0.1, 0.15) is 5.69 Å². The highest BCUT2D eigenvalue weighted by atomic mass is 35.5. The van der Waals surface area contributed by atoms with Gasteiger partial charge in [-0.15, -0.1) is 0 Å². The number of hydrogen-bond acceptors (Lipinski definition) is 7. The number of anilines is 1. The zero-order valence-corrected chi connectivity index (χ0v) is 20.3. The highest BCUT2D eigenvalue weighted by Gasteiger charge is 2.45. The van der Waals surface area contributed by atoms with Gasteiger partial charge in [-0.3, -0.25) is 14.8 Å². The predicted octanol–water partition coefficient (Wildman–Crippen LogP) is 2.46. The zero-order valence-electron chi connectivity index (χ0n) is 19.6. The molecule has 11 heteroatoms. The van der Waals surface area contributed by atoms with Crippen molar-refractivity contribution in [2.24, 2.45) is 11.8 Å². The Morgan fingerprint density at radius 1 is 1.36 bits per heavy atom. The van der Waals surface area contributed by atoms with E-state index in [9.17, 15) is 14.8 Å². The fourth-order valence-corrected chi connectivity index (χ4v) is 5.09. The van der Waals surface area contributed by atoms with Crippen LogP contribution in [0.25, 0.3) is 0 Å². The maximum Gasteiger partial charge on any atom is 0.233 e. The van der Waals surface area contributed by atoms with Crippen molar-refractivity contribution in [2.45, 2.75) is 57.5 Å². The predicted molar refractivity (Wildman–Crippen MR) is 122 cm³/mol. The molecular formula is C22H34ClFN6O3. The number of rotatable bonds is 11. The van der Waals surface area contributed by atoms with Gasteiger partial charge in [0.15, 0.2) is 11.6 Å². The van der Waals surface area contributed by atoms with E-state index in [4.69, 9.17) is 11.6 Å². The van der Waals surface area contributed by atoms with Crippen molar-refractivity contribution >= 4 is 29.7 Å². The molecule has 2 heterocycles. The van der Waals surface area contributed by atoms with Gasteiger partial charge in [-0.25, -0.2) is 14.4 Å². The monoisotopic (exact) mass is 484 g/mol. The van der Waals surface area contributed by atoms with Crippen LogP contribution in [-0.2, 0) is 16.1 Å². The largest absolute Gasteiger partial charge is 0.350 e. The Labute approximate surface area is 199 Å². The Morgan fingerprint density at radius 3 is 2.61 bits per heavy atom. The van der Waals surface area contributed by atoms with Crippen LogP contribution < -0.4 is 10.2 Å². The second kappa shape index (κ2) is 10.9. The Kier molecular flexibility index (Phi) is 8.47. The summed E-state index contributed by atoms with van der Waals surface area (Å²) >= 11 is 6.08. The molecule has 9 nitrogen and oxygen atoms in total. The van der Waals surface area contributed by atoms with Crippen LogP contribution in [0.15, 0.2) is 0 Å². The number of likely N-dealkylation sites (N-methyl/N-ethyl adjacent to an activating group) is 1. The van der Waals surface area contributed by atoms with E-state index in [0.29, 0.717) is 30.5 Å². The van der Waals surface area contributed by atoms with Crippen LogP contribution in [0.1, 0.15) is 51.1 Å². The number of hydroxylamine groups is 2. The molecule has 0 unspecified atom stereocenters. The number of halogens is 2. The summed E-state index contributed by atoms with van der Waals surface area (Å²) in [5.41, 5.74) is -0.0338. The molecule has 1 aromatic heterocycles. The lowest BCUT2D eigenvalue weighted by Gasteiger charge is -2.54. The summed E-state index contributed by atoms with van der Waals surface area (Å²) in [6.45, 7) is 3.07. The van der Waals surface area contributed by atoms with E-state index in [1.165, 1.54) is 0 Å². The topological polar surface area (TPSA) is 102 Å². The molecule has 1 saturated heterocycles. The van der Waals surface area contributed by atoms with Crippen molar-refractivity contribution in [2.75, 3.05) is 38.6 Å². The molecule has 1 saturated carbocycles. The summed E-state index contributed by atoms with van der Waals surface area (Å²) in [6.07, 6.45) is 6.05. The van der Waals surface area contributed by atoms with Gasteiger partial charge in [-0.2, -0.15) is 4.98 Å². The summed E-state index contributed by atoms with van der Waals surface area (Å²) in [4.78, 5) is 35.8. The molecule has 0 bridgehead atoms. The molecule has 3 rings (SSSR count). The Morgan fingerprint density at radius 2 is 2.03 bits per heavy atom. The summed E-state index contributed by atoms with van der Waals surface area (Å²) in [7, 11) is 4.01. The number of amides is 2. The van der Waals surface area contributed by atoms with Crippen molar-refractivity contribution in [3.63, 3.8) is 0 Å². The maximum absolute atomic E-state index is 15.2. The molecule has 0 spiro atoms. The van der Waals surface area contributed by atoms with Crippen LogP contribution in [0, 0.1) is 17.7 Å². The van der Waals surface area contributed by atoms with Gasteiger partial charge in [-0.05, 0) is 44.5 Å². The molecule has 0 aromatic carbocycles. The number of carbonyl (C=O) groups excluding carboxylic acids is 2. The van der Waals surface area contributed by atoms with E-state index in [0.717, 1.165) is 32.1 Å². The van der Waals surface area contributed by atoms with Gasteiger partial charge in [0.2, 0.25) is 17.6 Å². The lowest BCUT2D eigenvalue weighted by Crippen LogP contribution is -2.68. The quantitative estimate of drug-likeness (QED) is 0.215. The van der Waals surface area contributed by atoms with Crippen molar-refractivity contribution < 1.29 is 19.2 Å². The highest BCUT2D eigenvalue weighted by molar-refractivity contribution is 6.28. The SMILES string of the molecule is CCC1(N(C)C)CN(c2nc(Cl)nc(CNC(=O)[C@H](CC3CCCC3)CN(O)C=O)c2F)C1. The van der Waals surface area contributed by atoms with Gasteiger partial charge in [-0.1, -0.05) is 32.6 Å². The molecule has 33 heavy (non-hydrogen) atoms. The average Bonchev–Trinajstić information content (AvgIpc) is 3.26. The molecule has 0 radical (unpaired) electrons. The third-order valence-electron chi connectivity index (χ3n) is 7.17. The Bertz CT molecular complexity index is 846. The first-order valence-electron chi connectivity index (χ1n) is 11.5. The van der Waals surface area contributed by atoms with Gasteiger partial charge in [0.05, 0.1) is 24.5 Å². The minimum Gasteiger partial charge on any atom is -0.350 e.